The summed E-state index contributed by atoms with van der Waals surface area (Å²) in [5.41, 5.74) is 9.87. The minimum Gasteiger partial charge on any atom is -0.371 e. The lowest BCUT2D eigenvalue weighted by molar-refractivity contribution is -0.115. The van der Waals surface area contributed by atoms with Crippen LogP contribution < -0.4 is 10.2 Å². The first kappa shape index (κ1) is 24.9. The van der Waals surface area contributed by atoms with E-state index in [1.807, 2.05) is 24.3 Å². The lowest BCUT2D eigenvalue weighted by atomic mass is 9.76. The molecule has 1 amide bonds. The Balaban J connectivity index is 1.32. The van der Waals surface area contributed by atoms with Crippen molar-refractivity contribution < 1.29 is 4.79 Å². The van der Waals surface area contributed by atoms with Crippen LogP contribution in [0.25, 0.3) is 6.08 Å². The van der Waals surface area contributed by atoms with E-state index in [1.165, 1.54) is 39.7 Å². The van der Waals surface area contributed by atoms with Gasteiger partial charge in [-0.2, -0.15) is 0 Å². The molecule has 7 rings (SSSR count). The number of nitrogens with one attached hydrogen (secondary N) is 1. The van der Waals surface area contributed by atoms with E-state index < -0.39 is 0 Å². The number of aliphatic imine (C=N–C) groups is 1. The molecule has 40 heavy (non-hydrogen) atoms. The van der Waals surface area contributed by atoms with Gasteiger partial charge in [-0.3, -0.25) is 4.79 Å². The molecular formula is C35H31N3OS. The fraction of sp³-hybridized carbons (Fsp3) is 0.200. The van der Waals surface area contributed by atoms with Crippen LogP contribution >= 0.6 is 11.8 Å². The third-order valence-corrected chi connectivity index (χ3v) is 9.27. The van der Waals surface area contributed by atoms with Crippen molar-refractivity contribution in [3.63, 3.8) is 0 Å². The lowest BCUT2D eigenvalue weighted by Gasteiger charge is -2.43. The Morgan fingerprint density at radius 2 is 1.40 bits per heavy atom. The quantitative estimate of drug-likeness (QED) is 0.269. The zero-order chi connectivity index (χ0) is 27.1. The number of hydrogen-bond acceptors (Lipinski definition) is 4. The van der Waals surface area contributed by atoms with Crippen molar-refractivity contribution in [2.75, 3.05) is 18.0 Å². The number of amides is 1. The van der Waals surface area contributed by atoms with Gasteiger partial charge in [-0.05, 0) is 83.1 Å². The Morgan fingerprint density at radius 1 is 0.825 bits per heavy atom. The van der Waals surface area contributed by atoms with E-state index in [2.05, 4.69) is 96.0 Å². The van der Waals surface area contributed by atoms with Crippen LogP contribution in [0.4, 0.5) is 11.4 Å². The molecule has 3 aliphatic heterocycles. The molecule has 0 bridgehead atoms. The zero-order valence-electron chi connectivity index (χ0n) is 22.5. The summed E-state index contributed by atoms with van der Waals surface area (Å²) in [6.45, 7) is 4.19. The summed E-state index contributed by atoms with van der Waals surface area (Å²) >= 11 is 1.42. The standard InChI is InChI=1S/C35H31N3OS/c1-23-10-8-9-15-26(23)20-32-34(39)37-35(40-32)36-27-21-30-28(24-11-4-2-5-12-24)16-18-38-19-17-29(31(22-27)33(30)38)25-13-6-3-7-14-25/h2-15,20-22,28-29H,16-19H2,1H3,(H,36,37,39)/b32-20-/t28-,29-/m1/s1. The minimum absolute atomic E-state index is 0.0956. The Kier molecular flexibility index (Phi) is 6.52. The molecule has 4 aromatic rings. The number of amidine groups is 1. The largest absolute Gasteiger partial charge is 0.371 e. The molecule has 1 fully saturated rings. The molecule has 0 saturated carbocycles. The Morgan fingerprint density at radius 3 is 2.00 bits per heavy atom. The molecule has 0 aromatic heterocycles. The summed E-state index contributed by atoms with van der Waals surface area (Å²) < 4.78 is 0. The van der Waals surface area contributed by atoms with Crippen molar-refractivity contribution in [1.82, 2.24) is 5.32 Å². The topological polar surface area (TPSA) is 44.7 Å². The number of carbonyl (C=O) groups is 1. The van der Waals surface area contributed by atoms with Crippen LogP contribution in [0.15, 0.2) is 107 Å². The van der Waals surface area contributed by atoms with Crippen LogP contribution in [-0.2, 0) is 4.79 Å². The van der Waals surface area contributed by atoms with Crippen molar-refractivity contribution in [1.29, 1.82) is 0 Å². The number of rotatable bonds is 4. The molecule has 0 aliphatic carbocycles. The van der Waals surface area contributed by atoms with Crippen LogP contribution in [0.5, 0.6) is 0 Å². The average molecular weight is 542 g/mol. The first-order valence-corrected chi connectivity index (χ1v) is 14.8. The third-order valence-electron chi connectivity index (χ3n) is 8.36. The van der Waals surface area contributed by atoms with Gasteiger partial charge in [0.1, 0.15) is 0 Å². The van der Waals surface area contributed by atoms with E-state index in [1.54, 1.807) is 0 Å². The number of anilines is 1. The highest BCUT2D eigenvalue weighted by molar-refractivity contribution is 8.18. The number of carbonyl (C=O) groups excluding carboxylic acids is 1. The average Bonchev–Trinajstić information content (AvgIpc) is 3.33. The number of benzene rings is 4. The first-order valence-electron chi connectivity index (χ1n) is 14.0. The Bertz CT molecular complexity index is 1570. The van der Waals surface area contributed by atoms with Gasteiger partial charge in [0.15, 0.2) is 5.17 Å². The fourth-order valence-electron chi connectivity index (χ4n) is 6.39. The van der Waals surface area contributed by atoms with E-state index in [4.69, 9.17) is 4.99 Å². The van der Waals surface area contributed by atoms with Gasteiger partial charge in [0.25, 0.3) is 5.91 Å². The molecular weight excluding hydrogens is 510 g/mol. The maximum absolute atomic E-state index is 12.9. The smallest absolute Gasteiger partial charge is 0.264 e. The van der Waals surface area contributed by atoms with Crippen molar-refractivity contribution >= 4 is 40.3 Å². The molecule has 4 aromatic carbocycles. The van der Waals surface area contributed by atoms with Gasteiger partial charge in [-0.1, -0.05) is 84.9 Å². The highest BCUT2D eigenvalue weighted by atomic mass is 32.2. The number of aryl methyl sites for hydroxylation is 1. The summed E-state index contributed by atoms with van der Waals surface area (Å²) in [6, 6.07) is 34.4. The van der Waals surface area contributed by atoms with E-state index in [0.29, 0.717) is 21.9 Å². The molecule has 1 saturated heterocycles. The molecule has 0 spiro atoms. The first-order chi connectivity index (χ1) is 19.6. The van der Waals surface area contributed by atoms with Crippen molar-refractivity contribution in [3.8, 4) is 0 Å². The van der Waals surface area contributed by atoms with Crippen LogP contribution in [0.1, 0.15) is 58.1 Å². The van der Waals surface area contributed by atoms with Crippen LogP contribution in [0, 0.1) is 6.92 Å². The summed E-state index contributed by atoms with van der Waals surface area (Å²) in [5, 5.41) is 3.65. The van der Waals surface area contributed by atoms with Crippen molar-refractivity contribution in [2.45, 2.75) is 31.6 Å². The van der Waals surface area contributed by atoms with Crippen molar-refractivity contribution in [2.24, 2.45) is 4.99 Å². The minimum atomic E-state index is -0.0956. The second-order valence-corrected chi connectivity index (χ2v) is 11.8. The third kappa shape index (κ3) is 4.65. The van der Waals surface area contributed by atoms with E-state index >= 15 is 0 Å². The molecule has 2 atom stereocenters. The Labute approximate surface area is 239 Å². The molecule has 0 unspecified atom stereocenters. The molecule has 0 radical (unpaired) electrons. The van der Waals surface area contributed by atoms with Gasteiger partial charge < -0.3 is 10.2 Å². The monoisotopic (exact) mass is 541 g/mol. The second kappa shape index (κ2) is 10.5. The molecule has 3 aliphatic rings. The second-order valence-electron chi connectivity index (χ2n) is 10.8. The maximum Gasteiger partial charge on any atom is 0.264 e. The molecule has 4 nitrogen and oxygen atoms in total. The van der Waals surface area contributed by atoms with Crippen molar-refractivity contribution in [3.05, 3.63) is 135 Å². The van der Waals surface area contributed by atoms with E-state index in [9.17, 15) is 4.79 Å². The Hall–Kier alpha value is -4.09. The summed E-state index contributed by atoms with van der Waals surface area (Å²) in [5.74, 6) is 0.549. The highest BCUT2D eigenvalue weighted by Crippen LogP contribution is 2.50. The van der Waals surface area contributed by atoms with Gasteiger partial charge >= 0.3 is 0 Å². The van der Waals surface area contributed by atoms with E-state index in [0.717, 1.165) is 42.7 Å². The van der Waals surface area contributed by atoms with Crippen LogP contribution in [0.3, 0.4) is 0 Å². The summed E-state index contributed by atoms with van der Waals surface area (Å²) in [6.07, 6.45) is 4.13. The number of hydrogen-bond donors (Lipinski definition) is 1. The zero-order valence-corrected chi connectivity index (χ0v) is 23.3. The predicted octanol–water partition coefficient (Wildman–Crippen LogP) is 7.76. The van der Waals surface area contributed by atoms with E-state index in [-0.39, 0.29) is 5.91 Å². The predicted molar refractivity (Wildman–Crippen MR) is 166 cm³/mol. The molecule has 3 heterocycles. The van der Waals surface area contributed by atoms with Crippen LogP contribution in [0.2, 0.25) is 0 Å². The summed E-state index contributed by atoms with van der Waals surface area (Å²) in [4.78, 5) is 21.2. The van der Waals surface area contributed by atoms with Crippen LogP contribution in [-0.4, -0.2) is 24.2 Å². The lowest BCUT2D eigenvalue weighted by Crippen LogP contribution is -2.37. The molecule has 5 heteroatoms. The van der Waals surface area contributed by atoms with Gasteiger partial charge in [-0.15, -0.1) is 0 Å². The number of thioether (sulfide) groups is 1. The molecule has 1 N–H and O–H groups in total. The fourth-order valence-corrected chi connectivity index (χ4v) is 7.22. The normalized spacial score (nSPS) is 21.9. The van der Waals surface area contributed by atoms with Gasteiger partial charge in [-0.25, -0.2) is 4.99 Å². The number of nitrogens with zero attached hydrogens (tertiary/aromatic N) is 2. The van der Waals surface area contributed by atoms with Gasteiger partial charge in [0.05, 0.1) is 10.6 Å². The summed E-state index contributed by atoms with van der Waals surface area (Å²) in [7, 11) is 0. The maximum atomic E-state index is 12.9. The van der Waals surface area contributed by atoms with Gasteiger partial charge in [0, 0.05) is 30.6 Å². The highest BCUT2D eigenvalue weighted by Gasteiger charge is 2.35. The van der Waals surface area contributed by atoms with Gasteiger partial charge in [0.2, 0.25) is 0 Å². The SMILES string of the molecule is Cc1ccccc1/C=C1\SC(=Nc2cc3c4c(c2)[C@@H](c2ccccc2)CCN4CC[C@@H]3c2ccccc2)NC1=O. The molecule has 198 valence electrons.